The SMILES string of the molecule is O=C1N[CH]Cc2ccccc21. The lowest BCUT2D eigenvalue weighted by Gasteiger charge is -2.14. The van der Waals surface area contributed by atoms with E-state index < -0.39 is 0 Å². The van der Waals surface area contributed by atoms with Crippen LogP contribution >= 0.6 is 0 Å². The maximum absolute atomic E-state index is 11.1. The van der Waals surface area contributed by atoms with Gasteiger partial charge in [0.05, 0.1) is 6.54 Å². The zero-order valence-electron chi connectivity index (χ0n) is 6.00. The number of carbonyl (C=O) groups is 1. The van der Waals surface area contributed by atoms with E-state index >= 15 is 0 Å². The second-order valence-corrected chi connectivity index (χ2v) is 2.54. The van der Waals surface area contributed by atoms with Crippen LogP contribution in [0.2, 0.25) is 0 Å². The number of nitrogens with one attached hydrogen (secondary N) is 1. The highest BCUT2D eigenvalue weighted by Crippen LogP contribution is 2.13. The molecular formula is C9H8NO. The molecule has 55 valence electrons. The smallest absolute Gasteiger partial charge is 0.251 e. The van der Waals surface area contributed by atoms with Crippen LogP contribution in [0.5, 0.6) is 0 Å². The molecule has 2 nitrogen and oxygen atoms in total. The molecule has 1 heterocycles. The van der Waals surface area contributed by atoms with E-state index in [9.17, 15) is 4.79 Å². The first-order valence-corrected chi connectivity index (χ1v) is 3.58. The van der Waals surface area contributed by atoms with Gasteiger partial charge in [0.15, 0.2) is 0 Å². The van der Waals surface area contributed by atoms with Gasteiger partial charge in [-0.2, -0.15) is 0 Å². The summed E-state index contributed by atoms with van der Waals surface area (Å²) >= 11 is 0. The third-order valence-electron chi connectivity index (χ3n) is 1.82. The lowest BCUT2D eigenvalue weighted by atomic mass is 10.0. The minimum atomic E-state index is 0.00634. The molecule has 0 bridgehead atoms. The molecule has 1 aromatic carbocycles. The number of amides is 1. The summed E-state index contributed by atoms with van der Waals surface area (Å²) in [4.78, 5) is 11.1. The van der Waals surface area contributed by atoms with Gasteiger partial charge in [-0.15, -0.1) is 0 Å². The molecule has 0 aliphatic carbocycles. The largest absolute Gasteiger partial charge is 0.347 e. The highest BCUT2D eigenvalue weighted by molar-refractivity contribution is 5.97. The van der Waals surface area contributed by atoms with Crippen molar-refractivity contribution in [3.05, 3.63) is 41.9 Å². The van der Waals surface area contributed by atoms with E-state index in [-0.39, 0.29) is 5.91 Å². The number of hydrogen-bond acceptors (Lipinski definition) is 1. The van der Waals surface area contributed by atoms with Gasteiger partial charge >= 0.3 is 0 Å². The molecule has 11 heavy (non-hydrogen) atoms. The fourth-order valence-electron chi connectivity index (χ4n) is 1.25. The van der Waals surface area contributed by atoms with Crippen molar-refractivity contribution < 1.29 is 4.79 Å². The number of fused-ring (bicyclic) bond motifs is 1. The Morgan fingerprint density at radius 1 is 1.27 bits per heavy atom. The molecule has 0 atom stereocenters. The quantitative estimate of drug-likeness (QED) is 0.584. The van der Waals surface area contributed by atoms with Crippen LogP contribution in [0.15, 0.2) is 24.3 Å². The van der Waals surface area contributed by atoms with E-state index in [1.54, 1.807) is 6.54 Å². The van der Waals surface area contributed by atoms with Crippen molar-refractivity contribution in [3.8, 4) is 0 Å². The average Bonchev–Trinajstić information content (AvgIpc) is 2.06. The van der Waals surface area contributed by atoms with Gasteiger partial charge < -0.3 is 5.32 Å². The zero-order chi connectivity index (χ0) is 7.68. The van der Waals surface area contributed by atoms with Crippen LogP contribution in [0.4, 0.5) is 0 Å². The van der Waals surface area contributed by atoms with Crippen LogP contribution in [-0.4, -0.2) is 5.91 Å². The van der Waals surface area contributed by atoms with Gasteiger partial charge in [0.2, 0.25) is 0 Å². The van der Waals surface area contributed by atoms with Gasteiger partial charge in [0, 0.05) is 5.56 Å². The second-order valence-electron chi connectivity index (χ2n) is 2.54. The van der Waals surface area contributed by atoms with E-state index in [0.29, 0.717) is 0 Å². The lowest BCUT2D eigenvalue weighted by molar-refractivity contribution is 0.0957. The van der Waals surface area contributed by atoms with Gasteiger partial charge in [-0.25, -0.2) is 0 Å². The maximum atomic E-state index is 11.1. The molecule has 1 radical (unpaired) electrons. The minimum Gasteiger partial charge on any atom is -0.347 e. The summed E-state index contributed by atoms with van der Waals surface area (Å²) in [6, 6.07) is 7.65. The number of benzene rings is 1. The molecule has 0 unspecified atom stereocenters. The lowest BCUT2D eigenvalue weighted by Crippen LogP contribution is -2.27. The molecule has 2 rings (SSSR count). The summed E-state index contributed by atoms with van der Waals surface area (Å²) in [7, 11) is 0. The van der Waals surface area contributed by atoms with E-state index in [0.717, 1.165) is 17.5 Å². The molecule has 0 spiro atoms. The molecule has 1 amide bonds. The van der Waals surface area contributed by atoms with Crippen LogP contribution in [0.1, 0.15) is 15.9 Å². The van der Waals surface area contributed by atoms with Crippen LogP contribution in [0, 0.1) is 6.54 Å². The Balaban J connectivity index is 2.52. The normalized spacial score (nSPS) is 15.5. The first-order chi connectivity index (χ1) is 5.38. The molecule has 0 fully saturated rings. The van der Waals surface area contributed by atoms with Gasteiger partial charge in [-0.3, -0.25) is 4.79 Å². The first-order valence-electron chi connectivity index (χ1n) is 3.58. The highest BCUT2D eigenvalue weighted by atomic mass is 16.1. The van der Waals surface area contributed by atoms with E-state index in [2.05, 4.69) is 5.32 Å². The second kappa shape index (κ2) is 2.38. The van der Waals surface area contributed by atoms with Gasteiger partial charge in [-0.05, 0) is 18.1 Å². The molecule has 1 aromatic rings. The number of rotatable bonds is 0. The zero-order valence-corrected chi connectivity index (χ0v) is 6.00. The third-order valence-corrected chi connectivity index (χ3v) is 1.82. The summed E-state index contributed by atoms with van der Waals surface area (Å²) in [5, 5.41) is 2.67. The van der Waals surface area contributed by atoms with Gasteiger partial charge in [-0.1, -0.05) is 18.2 Å². The van der Waals surface area contributed by atoms with E-state index in [1.165, 1.54) is 0 Å². The Bertz CT molecular complexity index is 293. The number of hydrogen-bond donors (Lipinski definition) is 1. The summed E-state index contributed by atoms with van der Waals surface area (Å²) in [6.07, 6.45) is 0.835. The van der Waals surface area contributed by atoms with Crippen molar-refractivity contribution in [2.24, 2.45) is 0 Å². The maximum Gasteiger partial charge on any atom is 0.251 e. The van der Waals surface area contributed by atoms with Gasteiger partial charge in [0.25, 0.3) is 5.91 Å². The topological polar surface area (TPSA) is 29.1 Å². The van der Waals surface area contributed by atoms with Crippen molar-refractivity contribution in [1.29, 1.82) is 0 Å². The Kier molecular flexibility index (Phi) is 1.39. The van der Waals surface area contributed by atoms with Crippen LogP contribution in [0.25, 0.3) is 0 Å². The van der Waals surface area contributed by atoms with Crippen molar-refractivity contribution in [1.82, 2.24) is 5.32 Å². The van der Waals surface area contributed by atoms with E-state index in [4.69, 9.17) is 0 Å². The Hall–Kier alpha value is -1.31. The predicted octanol–water partition coefficient (Wildman–Crippen LogP) is 1.13. The van der Waals surface area contributed by atoms with E-state index in [1.807, 2.05) is 24.3 Å². The molecular weight excluding hydrogens is 138 g/mol. The number of carbonyl (C=O) groups excluding carboxylic acids is 1. The summed E-state index contributed by atoms with van der Waals surface area (Å²) < 4.78 is 0. The fraction of sp³-hybridized carbons (Fsp3) is 0.111. The molecule has 1 aliphatic heterocycles. The molecule has 2 heteroatoms. The van der Waals surface area contributed by atoms with Crippen LogP contribution < -0.4 is 5.32 Å². The molecule has 1 aliphatic rings. The summed E-state index contributed by atoms with van der Waals surface area (Å²) in [5.74, 6) is 0.00634. The minimum absolute atomic E-state index is 0.00634. The average molecular weight is 146 g/mol. The summed E-state index contributed by atoms with van der Waals surface area (Å²) in [6.45, 7) is 1.78. The van der Waals surface area contributed by atoms with Gasteiger partial charge in [0.1, 0.15) is 0 Å². The summed E-state index contributed by atoms with van der Waals surface area (Å²) in [5.41, 5.74) is 1.91. The Labute approximate surface area is 65.2 Å². The first kappa shape index (κ1) is 6.40. The standard InChI is InChI=1S/C9H8NO/c11-9-8-4-2-1-3-7(8)5-6-10-9/h1-4,6H,5H2,(H,10,11). The third kappa shape index (κ3) is 1.00. The predicted molar refractivity (Wildman–Crippen MR) is 41.9 cm³/mol. The van der Waals surface area contributed by atoms with Crippen molar-refractivity contribution in [3.63, 3.8) is 0 Å². The highest BCUT2D eigenvalue weighted by Gasteiger charge is 2.14. The fourth-order valence-corrected chi connectivity index (χ4v) is 1.25. The molecule has 0 aromatic heterocycles. The molecule has 0 saturated heterocycles. The van der Waals surface area contributed by atoms with Crippen molar-refractivity contribution in [2.75, 3.05) is 0 Å². The molecule has 1 N–H and O–H groups in total. The Morgan fingerprint density at radius 2 is 2.09 bits per heavy atom. The van der Waals surface area contributed by atoms with Crippen LogP contribution in [-0.2, 0) is 6.42 Å². The monoisotopic (exact) mass is 146 g/mol. The van der Waals surface area contributed by atoms with Crippen LogP contribution in [0.3, 0.4) is 0 Å². The molecule has 0 saturated carbocycles. The van der Waals surface area contributed by atoms with Crippen molar-refractivity contribution >= 4 is 5.91 Å². The van der Waals surface area contributed by atoms with Crippen molar-refractivity contribution in [2.45, 2.75) is 6.42 Å². The Morgan fingerprint density at radius 3 is 2.91 bits per heavy atom.